The number of unbranched alkanes of at least 4 members (excludes halogenated alkanes) is 36. The van der Waals surface area contributed by atoms with Crippen molar-refractivity contribution < 1.29 is 37.6 Å². The van der Waals surface area contributed by atoms with Crippen LogP contribution in [-0.4, -0.2) is 49.3 Å². The van der Waals surface area contributed by atoms with Crippen LogP contribution in [0, 0.1) is 0 Å². The van der Waals surface area contributed by atoms with Gasteiger partial charge in [-0.1, -0.05) is 334 Å². The van der Waals surface area contributed by atoms with Crippen molar-refractivity contribution in [2.24, 2.45) is 5.73 Å². The van der Waals surface area contributed by atoms with Crippen LogP contribution in [0.15, 0.2) is 122 Å². The molecule has 0 aromatic heterocycles. The SMILES string of the molecule is CC/C=C\C/C=C\C/C=C\C/C=C\C/C=C\C/C=C\C/C=C\CCCCCCCCCCCCCCCCCCCC(=O)OC(COC(=O)CCCCCCCCCCCCCCCC/C=C\C/C=C\C/C=C\CCCCCCC)COP(=O)(O)OCCN. The van der Waals surface area contributed by atoms with Crippen molar-refractivity contribution in [3.8, 4) is 0 Å². The third kappa shape index (κ3) is 73.3. The Kier molecular flexibility index (Phi) is 70.5. The maximum absolute atomic E-state index is 12.8. The van der Waals surface area contributed by atoms with Gasteiger partial charge < -0.3 is 20.1 Å². The average Bonchev–Trinajstić information content (AvgIpc) is 3.68. The topological polar surface area (TPSA) is 134 Å². The summed E-state index contributed by atoms with van der Waals surface area (Å²) < 4.78 is 33.2. The summed E-state index contributed by atoms with van der Waals surface area (Å²) in [4.78, 5) is 35.4. The predicted octanol–water partition coefficient (Wildman–Crippen LogP) is 24.6. The fourth-order valence-corrected chi connectivity index (χ4v) is 11.2. The Morgan fingerprint density at radius 2 is 0.618 bits per heavy atom. The first-order valence-electron chi connectivity index (χ1n) is 37.0. The van der Waals surface area contributed by atoms with Crippen LogP contribution in [0.25, 0.3) is 0 Å². The first kappa shape index (κ1) is 85.4. The quantitative estimate of drug-likeness (QED) is 0.0264. The van der Waals surface area contributed by atoms with Crippen molar-refractivity contribution >= 4 is 19.8 Å². The summed E-state index contributed by atoms with van der Waals surface area (Å²) in [6.07, 6.45) is 103. The van der Waals surface area contributed by atoms with Gasteiger partial charge in [0.05, 0.1) is 13.2 Å². The molecule has 0 heterocycles. The smallest absolute Gasteiger partial charge is 0.462 e. The van der Waals surface area contributed by atoms with Crippen LogP contribution >= 0.6 is 7.82 Å². The summed E-state index contributed by atoms with van der Waals surface area (Å²) in [6, 6.07) is 0. The normalized spacial score (nSPS) is 13.6. The van der Waals surface area contributed by atoms with Gasteiger partial charge in [0, 0.05) is 19.4 Å². The van der Waals surface area contributed by atoms with Gasteiger partial charge in [-0.15, -0.1) is 0 Å². The second-order valence-corrected chi connectivity index (χ2v) is 25.9. The lowest BCUT2D eigenvalue weighted by Crippen LogP contribution is -2.29. The number of nitrogens with two attached hydrogens (primary N) is 1. The molecule has 2 atom stereocenters. The third-order valence-electron chi connectivity index (χ3n) is 15.8. The Bertz CT molecular complexity index is 1880. The molecule has 0 amide bonds. The number of carbonyl (C=O) groups excluding carboxylic acids is 2. The molecule has 0 aliphatic heterocycles. The van der Waals surface area contributed by atoms with Gasteiger partial charge in [-0.3, -0.25) is 18.6 Å². The van der Waals surface area contributed by atoms with Crippen LogP contribution in [0.2, 0.25) is 0 Å². The summed E-state index contributed by atoms with van der Waals surface area (Å²) in [5, 5.41) is 0. The predicted molar refractivity (Wildman–Crippen MR) is 385 cm³/mol. The summed E-state index contributed by atoms with van der Waals surface area (Å²) in [7, 11) is -4.40. The van der Waals surface area contributed by atoms with Crippen molar-refractivity contribution in [2.75, 3.05) is 26.4 Å². The van der Waals surface area contributed by atoms with Gasteiger partial charge in [-0.25, -0.2) is 4.57 Å². The zero-order valence-electron chi connectivity index (χ0n) is 57.6. The molecule has 0 saturated carbocycles. The molecule has 0 rings (SSSR count). The van der Waals surface area contributed by atoms with Crippen LogP contribution < -0.4 is 5.73 Å². The number of esters is 2. The van der Waals surface area contributed by atoms with Crippen molar-refractivity contribution in [1.82, 2.24) is 0 Å². The van der Waals surface area contributed by atoms with Gasteiger partial charge in [0.25, 0.3) is 0 Å². The monoisotopic (exact) mass is 1260 g/mol. The summed E-state index contributed by atoms with van der Waals surface area (Å²) in [5.74, 6) is -0.820. The fourth-order valence-electron chi connectivity index (χ4n) is 10.4. The molecule has 0 bridgehead atoms. The van der Waals surface area contributed by atoms with Gasteiger partial charge in [-0.05, 0) is 109 Å². The van der Waals surface area contributed by atoms with Gasteiger partial charge in [0.1, 0.15) is 6.61 Å². The largest absolute Gasteiger partial charge is 0.472 e. The highest BCUT2D eigenvalue weighted by Crippen LogP contribution is 2.43. The van der Waals surface area contributed by atoms with E-state index in [0.29, 0.717) is 6.42 Å². The van der Waals surface area contributed by atoms with Crippen molar-refractivity contribution in [2.45, 2.75) is 341 Å². The highest BCUT2D eigenvalue weighted by atomic mass is 31.2. The van der Waals surface area contributed by atoms with E-state index < -0.39 is 26.5 Å². The van der Waals surface area contributed by atoms with Gasteiger partial charge >= 0.3 is 19.8 Å². The fraction of sp³-hybridized carbons (Fsp3) is 0.722. The summed E-state index contributed by atoms with van der Waals surface area (Å²) in [6.45, 7) is 3.65. The first-order chi connectivity index (χ1) is 43.8. The molecule has 2 unspecified atom stereocenters. The lowest BCUT2D eigenvalue weighted by Gasteiger charge is -2.19. The molecule has 0 aromatic rings. The van der Waals surface area contributed by atoms with E-state index >= 15 is 0 Å². The Morgan fingerprint density at radius 3 is 0.921 bits per heavy atom. The lowest BCUT2D eigenvalue weighted by molar-refractivity contribution is -0.161. The number of hydrogen-bond acceptors (Lipinski definition) is 8. The zero-order chi connectivity index (χ0) is 64.4. The van der Waals surface area contributed by atoms with Crippen molar-refractivity contribution in [3.05, 3.63) is 122 Å². The van der Waals surface area contributed by atoms with Crippen LogP contribution in [-0.2, 0) is 32.7 Å². The molecule has 89 heavy (non-hydrogen) atoms. The molecule has 10 heteroatoms. The molecule has 3 N–H and O–H groups in total. The molecule has 0 aromatic carbocycles. The average molecular weight is 1260 g/mol. The highest BCUT2D eigenvalue weighted by Gasteiger charge is 2.26. The minimum atomic E-state index is -4.40. The molecule has 0 aliphatic rings. The second-order valence-electron chi connectivity index (χ2n) is 24.4. The maximum Gasteiger partial charge on any atom is 0.472 e. The van der Waals surface area contributed by atoms with Gasteiger partial charge in [0.2, 0.25) is 0 Å². The van der Waals surface area contributed by atoms with Crippen LogP contribution in [0.3, 0.4) is 0 Å². The number of phosphoric acid groups is 1. The van der Waals surface area contributed by atoms with E-state index in [1.807, 2.05) is 0 Å². The molecule has 0 fully saturated rings. The van der Waals surface area contributed by atoms with E-state index in [0.717, 1.165) is 96.3 Å². The first-order valence-corrected chi connectivity index (χ1v) is 38.5. The Morgan fingerprint density at radius 1 is 0.348 bits per heavy atom. The number of ether oxygens (including phenoxy) is 2. The van der Waals surface area contributed by atoms with Gasteiger partial charge in [0.15, 0.2) is 6.10 Å². The van der Waals surface area contributed by atoms with E-state index in [1.165, 1.54) is 205 Å². The molecule has 0 aliphatic carbocycles. The number of hydrogen-bond donors (Lipinski definition) is 2. The second kappa shape index (κ2) is 73.5. The van der Waals surface area contributed by atoms with Crippen LogP contribution in [0.4, 0.5) is 0 Å². The van der Waals surface area contributed by atoms with E-state index in [4.69, 9.17) is 24.3 Å². The molecule has 9 nitrogen and oxygen atoms in total. The zero-order valence-corrected chi connectivity index (χ0v) is 58.5. The molecular formula is C79H138NO8P. The molecular weight excluding hydrogens is 1120 g/mol. The minimum absolute atomic E-state index is 0.0506. The molecule has 0 radical (unpaired) electrons. The summed E-state index contributed by atoms with van der Waals surface area (Å²) in [5.41, 5.74) is 5.41. The Labute approximate surface area is 549 Å². The number of allylic oxidation sites excluding steroid dienone is 20. The van der Waals surface area contributed by atoms with E-state index in [-0.39, 0.29) is 38.6 Å². The van der Waals surface area contributed by atoms with Crippen LogP contribution in [0.5, 0.6) is 0 Å². The van der Waals surface area contributed by atoms with Gasteiger partial charge in [-0.2, -0.15) is 0 Å². The number of rotatable bonds is 69. The number of phosphoric ester groups is 1. The maximum atomic E-state index is 12.8. The van der Waals surface area contributed by atoms with E-state index in [1.54, 1.807) is 0 Å². The highest BCUT2D eigenvalue weighted by molar-refractivity contribution is 7.47. The molecule has 512 valence electrons. The third-order valence-corrected chi connectivity index (χ3v) is 16.8. The summed E-state index contributed by atoms with van der Waals surface area (Å²) >= 11 is 0. The standard InChI is InChI=1S/C79H138NO8P/c1-3-5-7-9-11-13-15-17-19-21-23-25-27-29-31-33-34-35-36-37-38-39-40-41-42-44-46-48-50-52-54-56-58-60-62-64-66-68-70-72-79(82)88-77(76-87-89(83,84)86-74-73-80)75-85-78(81)71-69-67-65-63-61-59-57-55-53-51-49-47-45-43-32-30-28-26-24-22-20-18-16-14-12-10-8-6-4-2/h5,7,11,13,16-19,22-25,28-31,34-35,37-38,77H,3-4,6,8-10,12,14-15,20-21,26-27,32-33,36,39-76,80H2,1-2H3,(H,83,84)/b7-5-,13-11-,18-16-,19-17-,24-22-,25-23-,30-28-,31-29-,35-34-,38-37-. The number of carbonyl (C=O) groups is 2. The molecule has 0 saturated heterocycles. The Balaban J connectivity index is 3.86. The van der Waals surface area contributed by atoms with Crippen LogP contribution in [0.1, 0.15) is 335 Å². The van der Waals surface area contributed by atoms with E-state index in [2.05, 4.69) is 135 Å². The lowest BCUT2D eigenvalue weighted by atomic mass is 10.0. The Hall–Kier alpha value is -3.59. The minimum Gasteiger partial charge on any atom is -0.462 e. The van der Waals surface area contributed by atoms with E-state index in [9.17, 15) is 19.0 Å². The van der Waals surface area contributed by atoms with Crippen molar-refractivity contribution in [1.29, 1.82) is 0 Å². The van der Waals surface area contributed by atoms with Crippen molar-refractivity contribution in [3.63, 3.8) is 0 Å². The molecule has 0 spiro atoms.